The van der Waals surface area contributed by atoms with Crippen LogP contribution in [0.4, 0.5) is 0 Å². The lowest BCUT2D eigenvalue weighted by Gasteiger charge is -2.34. The van der Waals surface area contributed by atoms with Crippen LogP contribution in [0.2, 0.25) is 0 Å². The molecule has 1 saturated heterocycles. The minimum absolute atomic E-state index is 0.0175. The van der Waals surface area contributed by atoms with E-state index in [1.807, 2.05) is 23.1 Å². The molecule has 5 heteroatoms. The summed E-state index contributed by atoms with van der Waals surface area (Å²) in [6.45, 7) is 5.38. The molecule has 1 aliphatic heterocycles. The lowest BCUT2D eigenvalue weighted by atomic mass is 10.1. The zero-order valence-corrected chi connectivity index (χ0v) is 15.5. The Morgan fingerprint density at radius 2 is 1.63 bits per heavy atom. The quantitative estimate of drug-likeness (QED) is 0.604. The minimum atomic E-state index is -0.369. The average Bonchev–Trinajstić information content (AvgIpc) is 2.69. The van der Waals surface area contributed by atoms with Crippen molar-refractivity contribution in [2.75, 3.05) is 32.7 Å². The monoisotopic (exact) mass is 364 g/mol. The number of amides is 1. The van der Waals surface area contributed by atoms with Gasteiger partial charge in [0.05, 0.1) is 0 Å². The van der Waals surface area contributed by atoms with Gasteiger partial charge in [0.25, 0.3) is 5.91 Å². The van der Waals surface area contributed by atoms with Crippen LogP contribution in [0.5, 0.6) is 5.75 Å². The summed E-state index contributed by atoms with van der Waals surface area (Å²) in [6, 6.07) is 17.0. The van der Waals surface area contributed by atoms with Crippen molar-refractivity contribution < 1.29 is 14.3 Å². The Morgan fingerprint density at radius 1 is 0.963 bits per heavy atom. The van der Waals surface area contributed by atoms with Gasteiger partial charge in [0.2, 0.25) is 0 Å². The highest BCUT2D eigenvalue weighted by Gasteiger charge is 2.21. The van der Waals surface area contributed by atoms with E-state index in [9.17, 15) is 9.59 Å². The minimum Gasteiger partial charge on any atom is -0.427 e. The van der Waals surface area contributed by atoms with Gasteiger partial charge < -0.3 is 9.64 Å². The summed E-state index contributed by atoms with van der Waals surface area (Å²) >= 11 is 0. The first-order valence-corrected chi connectivity index (χ1v) is 9.13. The summed E-state index contributed by atoms with van der Waals surface area (Å²) in [5.74, 6) is 0.101. The molecule has 0 aliphatic carbocycles. The van der Waals surface area contributed by atoms with Crippen LogP contribution < -0.4 is 4.74 Å². The van der Waals surface area contributed by atoms with Crippen molar-refractivity contribution >= 4 is 18.0 Å². The maximum Gasteiger partial charge on any atom is 0.308 e. The molecule has 0 N–H and O–H groups in total. The van der Waals surface area contributed by atoms with Crippen LogP contribution in [0, 0.1) is 0 Å². The van der Waals surface area contributed by atoms with Crippen molar-refractivity contribution in [1.29, 1.82) is 0 Å². The predicted molar refractivity (Wildman–Crippen MR) is 106 cm³/mol. The third-order valence-corrected chi connectivity index (χ3v) is 4.50. The topological polar surface area (TPSA) is 49.9 Å². The van der Waals surface area contributed by atoms with Crippen molar-refractivity contribution in [2.24, 2.45) is 0 Å². The number of piperazine rings is 1. The first kappa shape index (κ1) is 18.9. The third-order valence-electron chi connectivity index (χ3n) is 4.50. The molecule has 0 atom stereocenters. The Labute approximate surface area is 159 Å². The number of esters is 1. The van der Waals surface area contributed by atoms with Gasteiger partial charge in [0.1, 0.15) is 5.75 Å². The fourth-order valence-corrected chi connectivity index (χ4v) is 3.05. The van der Waals surface area contributed by atoms with E-state index >= 15 is 0 Å². The molecule has 0 unspecified atom stereocenters. The van der Waals surface area contributed by atoms with Gasteiger partial charge in [-0.25, -0.2) is 0 Å². The third kappa shape index (κ3) is 5.53. The summed E-state index contributed by atoms with van der Waals surface area (Å²) < 4.78 is 5.00. The van der Waals surface area contributed by atoms with Crippen molar-refractivity contribution in [3.8, 4) is 5.75 Å². The molecule has 1 heterocycles. The van der Waals surface area contributed by atoms with E-state index in [0.29, 0.717) is 24.4 Å². The Balaban J connectivity index is 1.47. The van der Waals surface area contributed by atoms with Crippen LogP contribution in [-0.4, -0.2) is 54.4 Å². The average molecular weight is 364 g/mol. The molecule has 2 aromatic carbocycles. The standard InChI is InChI=1S/C22H24N2O3/c1-18(25)27-21-11-9-20(10-12-21)22(26)24-16-14-23(15-17-24)13-5-8-19-6-3-2-4-7-19/h2-12H,13-17H2,1H3/b8-5+. The maximum absolute atomic E-state index is 12.6. The number of rotatable bonds is 5. The number of carbonyl (C=O) groups excluding carboxylic acids is 2. The molecule has 1 aliphatic rings. The van der Waals surface area contributed by atoms with Crippen molar-refractivity contribution in [3.05, 3.63) is 71.8 Å². The Kier molecular flexibility index (Phi) is 6.39. The van der Waals surface area contributed by atoms with Gasteiger partial charge in [0, 0.05) is 45.2 Å². The van der Waals surface area contributed by atoms with E-state index in [2.05, 4.69) is 29.2 Å². The molecule has 27 heavy (non-hydrogen) atoms. The summed E-state index contributed by atoms with van der Waals surface area (Å²) in [4.78, 5) is 27.8. The van der Waals surface area contributed by atoms with Gasteiger partial charge >= 0.3 is 5.97 Å². The Bertz CT molecular complexity index is 792. The highest BCUT2D eigenvalue weighted by atomic mass is 16.5. The summed E-state index contributed by atoms with van der Waals surface area (Å²) in [5.41, 5.74) is 1.81. The second-order valence-corrected chi connectivity index (χ2v) is 6.52. The summed E-state index contributed by atoms with van der Waals surface area (Å²) in [7, 11) is 0. The van der Waals surface area contributed by atoms with Crippen LogP contribution in [0.3, 0.4) is 0 Å². The van der Waals surface area contributed by atoms with Gasteiger partial charge in [-0.05, 0) is 29.8 Å². The van der Waals surface area contributed by atoms with Gasteiger partial charge in [-0.1, -0.05) is 42.5 Å². The number of hydrogen-bond donors (Lipinski definition) is 0. The highest BCUT2D eigenvalue weighted by Crippen LogP contribution is 2.15. The molecule has 1 fully saturated rings. The Hall–Kier alpha value is -2.92. The molecule has 0 spiro atoms. The van der Waals surface area contributed by atoms with Gasteiger partial charge in [-0.3, -0.25) is 14.5 Å². The molecule has 5 nitrogen and oxygen atoms in total. The maximum atomic E-state index is 12.6. The number of carbonyl (C=O) groups is 2. The number of benzene rings is 2. The van der Waals surface area contributed by atoms with Crippen LogP contribution >= 0.6 is 0 Å². The Morgan fingerprint density at radius 3 is 2.26 bits per heavy atom. The van der Waals surface area contributed by atoms with E-state index in [-0.39, 0.29) is 11.9 Å². The highest BCUT2D eigenvalue weighted by molar-refractivity contribution is 5.94. The molecule has 0 aromatic heterocycles. The fraction of sp³-hybridized carbons (Fsp3) is 0.273. The molecular formula is C22H24N2O3. The predicted octanol–water partition coefficient (Wildman–Crippen LogP) is 3.08. The van der Waals surface area contributed by atoms with Crippen LogP contribution in [0.15, 0.2) is 60.7 Å². The molecule has 1 amide bonds. The summed E-state index contributed by atoms with van der Waals surface area (Å²) in [5, 5.41) is 0. The van der Waals surface area contributed by atoms with Gasteiger partial charge in [-0.15, -0.1) is 0 Å². The first-order valence-electron chi connectivity index (χ1n) is 9.13. The molecule has 140 valence electrons. The molecule has 0 radical (unpaired) electrons. The van der Waals surface area contributed by atoms with Gasteiger partial charge in [-0.2, -0.15) is 0 Å². The SMILES string of the molecule is CC(=O)Oc1ccc(C(=O)N2CCN(C/C=C/c3ccccc3)CC2)cc1. The molecule has 0 bridgehead atoms. The lowest BCUT2D eigenvalue weighted by Crippen LogP contribution is -2.48. The zero-order valence-electron chi connectivity index (χ0n) is 15.5. The first-order chi connectivity index (χ1) is 13.1. The second kappa shape index (κ2) is 9.14. The van der Waals surface area contributed by atoms with Gasteiger partial charge in [0.15, 0.2) is 0 Å². The van der Waals surface area contributed by atoms with Crippen LogP contribution in [0.1, 0.15) is 22.8 Å². The van der Waals surface area contributed by atoms with Crippen molar-refractivity contribution in [3.63, 3.8) is 0 Å². The molecular weight excluding hydrogens is 340 g/mol. The molecule has 0 saturated carbocycles. The second-order valence-electron chi connectivity index (χ2n) is 6.52. The van der Waals surface area contributed by atoms with E-state index in [0.717, 1.165) is 19.6 Å². The van der Waals surface area contributed by atoms with Crippen molar-refractivity contribution in [1.82, 2.24) is 9.80 Å². The van der Waals surface area contributed by atoms with E-state index < -0.39 is 0 Å². The number of nitrogens with zero attached hydrogens (tertiary/aromatic N) is 2. The lowest BCUT2D eigenvalue weighted by molar-refractivity contribution is -0.131. The number of hydrogen-bond acceptors (Lipinski definition) is 4. The summed E-state index contributed by atoms with van der Waals surface area (Å²) in [6.07, 6.45) is 4.29. The van der Waals surface area contributed by atoms with Crippen LogP contribution in [0.25, 0.3) is 6.08 Å². The normalized spacial score (nSPS) is 15.1. The zero-order chi connectivity index (χ0) is 19.1. The largest absolute Gasteiger partial charge is 0.427 e. The number of ether oxygens (including phenoxy) is 1. The van der Waals surface area contributed by atoms with Crippen LogP contribution in [-0.2, 0) is 4.79 Å². The van der Waals surface area contributed by atoms with E-state index in [1.54, 1.807) is 24.3 Å². The fourth-order valence-electron chi connectivity index (χ4n) is 3.05. The smallest absolute Gasteiger partial charge is 0.308 e. The molecule has 2 aromatic rings. The van der Waals surface area contributed by atoms with E-state index in [1.165, 1.54) is 12.5 Å². The van der Waals surface area contributed by atoms with Crippen molar-refractivity contribution in [2.45, 2.75) is 6.92 Å². The van der Waals surface area contributed by atoms with E-state index in [4.69, 9.17) is 4.74 Å². The molecule has 3 rings (SSSR count).